The third kappa shape index (κ3) is 5.30. The number of rotatable bonds is 5. The van der Waals surface area contributed by atoms with Gasteiger partial charge in [-0.25, -0.2) is 14.8 Å². The normalized spacial score (nSPS) is 12.2. The number of nitrogens with one attached hydrogen (secondary N) is 2. The van der Waals surface area contributed by atoms with Crippen molar-refractivity contribution >= 4 is 34.5 Å². The maximum Gasteiger partial charge on any atom is 0.408 e. The summed E-state index contributed by atoms with van der Waals surface area (Å²) in [5.41, 5.74) is 10.2. The van der Waals surface area contributed by atoms with Crippen molar-refractivity contribution in [1.82, 2.24) is 19.9 Å². The number of fused-ring (bicyclic) bond motifs is 1. The van der Waals surface area contributed by atoms with Gasteiger partial charge in [0, 0.05) is 24.5 Å². The summed E-state index contributed by atoms with van der Waals surface area (Å²) >= 11 is 0. The summed E-state index contributed by atoms with van der Waals surface area (Å²) in [6, 6.07) is 13.7. The van der Waals surface area contributed by atoms with Crippen molar-refractivity contribution in [3.8, 4) is 11.1 Å². The van der Waals surface area contributed by atoms with E-state index in [1.807, 2.05) is 61.1 Å². The molecule has 0 saturated heterocycles. The quantitative estimate of drug-likeness (QED) is 0.375. The standard InChI is InChI=1S/C27H30N6O3/c1-16-13-18(11-12-19(16)20-14-33(5)24-21(20)23(28)29-15-30-24)31-25(34)22(17-9-7-6-8-10-17)32-26(35)36-27(2,3)4/h6-15,22H,1-5H3,(H,31,34)(H,32,35)(H2,28,29,30). The number of hydrogen-bond acceptors (Lipinski definition) is 6. The fourth-order valence-corrected chi connectivity index (χ4v) is 4.07. The first-order valence-electron chi connectivity index (χ1n) is 11.6. The van der Waals surface area contributed by atoms with E-state index < -0.39 is 17.7 Å². The Morgan fingerprint density at radius 1 is 1.06 bits per heavy atom. The van der Waals surface area contributed by atoms with Gasteiger partial charge in [-0.05, 0) is 56.5 Å². The smallest absolute Gasteiger partial charge is 0.408 e. The molecule has 0 radical (unpaired) electrons. The van der Waals surface area contributed by atoms with Crippen molar-refractivity contribution in [3.63, 3.8) is 0 Å². The number of carbonyl (C=O) groups excluding carboxylic acids is 2. The molecule has 4 aromatic rings. The van der Waals surface area contributed by atoms with Crippen molar-refractivity contribution in [2.75, 3.05) is 11.1 Å². The lowest BCUT2D eigenvalue weighted by Gasteiger charge is -2.23. The molecule has 9 heteroatoms. The van der Waals surface area contributed by atoms with Gasteiger partial charge in [-0.15, -0.1) is 0 Å². The number of ether oxygens (including phenoxy) is 1. The van der Waals surface area contributed by atoms with Gasteiger partial charge in [0.05, 0.1) is 5.39 Å². The first-order valence-corrected chi connectivity index (χ1v) is 11.6. The second kappa shape index (κ2) is 9.69. The molecule has 2 amide bonds. The van der Waals surface area contributed by atoms with E-state index in [0.717, 1.165) is 27.7 Å². The van der Waals surface area contributed by atoms with Crippen molar-refractivity contribution in [2.45, 2.75) is 39.3 Å². The van der Waals surface area contributed by atoms with Crippen molar-refractivity contribution in [3.05, 3.63) is 72.2 Å². The van der Waals surface area contributed by atoms with Gasteiger partial charge in [-0.1, -0.05) is 36.4 Å². The van der Waals surface area contributed by atoms with E-state index in [9.17, 15) is 9.59 Å². The third-order valence-electron chi connectivity index (χ3n) is 5.62. The van der Waals surface area contributed by atoms with E-state index in [-0.39, 0.29) is 5.91 Å². The fourth-order valence-electron chi connectivity index (χ4n) is 4.07. The van der Waals surface area contributed by atoms with Crippen LogP contribution in [0.1, 0.15) is 37.9 Å². The zero-order chi connectivity index (χ0) is 26.0. The average Bonchev–Trinajstić information content (AvgIpc) is 3.14. The number of carbonyl (C=O) groups is 2. The van der Waals surface area contributed by atoms with E-state index in [4.69, 9.17) is 10.5 Å². The number of nitrogens with two attached hydrogens (primary N) is 1. The lowest BCUT2D eigenvalue weighted by molar-refractivity contribution is -0.118. The Morgan fingerprint density at radius 2 is 1.78 bits per heavy atom. The molecular weight excluding hydrogens is 456 g/mol. The van der Waals surface area contributed by atoms with Gasteiger partial charge in [-0.2, -0.15) is 0 Å². The van der Waals surface area contributed by atoms with Crippen LogP contribution in [0.5, 0.6) is 0 Å². The summed E-state index contributed by atoms with van der Waals surface area (Å²) in [5.74, 6) is 0.0216. The van der Waals surface area contributed by atoms with Gasteiger partial charge in [0.1, 0.15) is 29.4 Å². The molecule has 0 saturated carbocycles. The Labute approximate surface area is 209 Å². The molecule has 0 spiro atoms. The minimum atomic E-state index is -0.934. The van der Waals surface area contributed by atoms with E-state index in [1.54, 1.807) is 32.9 Å². The van der Waals surface area contributed by atoms with E-state index >= 15 is 0 Å². The molecular formula is C27H30N6O3. The van der Waals surface area contributed by atoms with Crippen molar-refractivity contribution in [1.29, 1.82) is 0 Å². The van der Waals surface area contributed by atoms with Crippen LogP contribution in [0.3, 0.4) is 0 Å². The maximum absolute atomic E-state index is 13.3. The second-order valence-electron chi connectivity index (χ2n) is 9.62. The van der Waals surface area contributed by atoms with Crippen molar-refractivity contribution in [2.24, 2.45) is 7.05 Å². The van der Waals surface area contributed by atoms with Gasteiger partial charge in [0.15, 0.2) is 0 Å². The molecule has 186 valence electrons. The molecule has 9 nitrogen and oxygen atoms in total. The number of amides is 2. The van der Waals surface area contributed by atoms with Crippen LogP contribution < -0.4 is 16.4 Å². The number of aromatic nitrogens is 3. The predicted octanol–water partition coefficient (Wildman–Crippen LogP) is 4.73. The summed E-state index contributed by atoms with van der Waals surface area (Å²) in [4.78, 5) is 34.2. The second-order valence-corrected chi connectivity index (χ2v) is 9.62. The molecule has 2 aromatic heterocycles. The predicted molar refractivity (Wildman–Crippen MR) is 140 cm³/mol. The van der Waals surface area contributed by atoms with Gasteiger partial charge in [0.25, 0.3) is 5.91 Å². The number of alkyl carbamates (subject to hydrolysis) is 1. The zero-order valence-corrected chi connectivity index (χ0v) is 21.0. The SMILES string of the molecule is Cc1cc(NC(=O)C(NC(=O)OC(C)(C)C)c2ccccc2)ccc1-c1cn(C)c2ncnc(N)c12. The van der Waals surface area contributed by atoms with E-state index in [2.05, 4.69) is 20.6 Å². The van der Waals surface area contributed by atoms with Crippen molar-refractivity contribution < 1.29 is 14.3 Å². The molecule has 36 heavy (non-hydrogen) atoms. The Balaban J connectivity index is 1.60. The van der Waals surface area contributed by atoms with Crippen LogP contribution in [0.15, 0.2) is 61.1 Å². The number of anilines is 2. The van der Waals surface area contributed by atoms with Crippen LogP contribution in [-0.2, 0) is 16.6 Å². The molecule has 0 aliphatic rings. The first kappa shape index (κ1) is 24.7. The number of nitrogen functional groups attached to an aromatic ring is 1. The highest BCUT2D eigenvalue weighted by molar-refractivity contribution is 6.02. The van der Waals surface area contributed by atoms with Crippen LogP contribution >= 0.6 is 0 Å². The van der Waals surface area contributed by atoms with E-state index in [0.29, 0.717) is 17.1 Å². The molecule has 4 N–H and O–H groups in total. The largest absolute Gasteiger partial charge is 0.444 e. The topological polar surface area (TPSA) is 124 Å². The minimum Gasteiger partial charge on any atom is -0.444 e. The molecule has 0 fully saturated rings. The Bertz CT molecular complexity index is 1420. The zero-order valence-electron chi connectivity index (χ0n) is 21.0. The first-order chi connectivity index (χ1) is 17.0. The summed E-state index contributed by atoms with van der Waals surface area (Å²) < 4.78 is 7.28. The van der Waals surface area contributed by atoms with Crippen LogP contribution in [0.25, 0.3) is 22.2 Å². The molecule has 0 aliphatic heterocycles. The van der Waals surface area contributed by atoms with Gasteiger partial charge < -0.3 is 25.7 Å². The Morgan fingerprint density at radius 3 is 2.44 bits per heavy atom. The molecule has 2 aromatic carbocycles. The Kier molecular flexibility index (Phi) is 6.65. The average molecular weight is 487 g/mol. The van der Waals surface area contributed by atoms with Gasteiger partial charge in [-0.3, -0.25) is 4.79 Å². The highest BCUT2D eigenvalue weighted by Crippen LogP contribution is 2.35. The molecule has 4 rings (SSSR count). The molecule has 2 heterocycles. The summed E-state index contributed by atoms with van der Waals surface area (Å²) in [6.07, 6.45) is 2.74. The summed E-state index contributed by atoms with van der Waals surface area (Å²) in [5, 5.41) is 6.39. The lowest BCUT2D eigenvalue weighted by Crippen LogP contribution is -2.40. The van der Waals surface area contributed by atoms with Crippen LogP contribution in [0, 0.1) is 6.92 Å². The molecule has 0 aliphatic carbocycles. The minimum absolute atomic E-state index is 0.387. The van der Waals surface area contributed by atoms with E-state index in [1.165, 1.54) is 6.33 Å². The molecule has 1 atom stereocenters. The number of aryl methyl sites for hydroxylation is 2. The highest BCUT2D eigenvalue weighted by atomic mass is 16.6. The molecule has 0 bridgehead atoms. The van der Waals surface area contributed by atoms with Crippen LogP contribution in [0.2, 0.25) is 0 Å². The van der Waals surface area contributed by atoms with Crippen LogP contribution in [-0.4, -0.2) is 32.1 Å². The lowest BCUT2D eigenvalue weighted by atomic mass is 10.00. The van der Waals surface area contributed by atoms with Gasteiger partial charge >= 0.3 is 6.09 Å². The van der Waals surface area contributed by atoms with Crippen LogP contribution in [0.4, 0.5) is 16.3 Å². The Hall–Kier alpha value is -4.40. The monoisotopic (exact) mass is 486 g/mol. The fraction of sp³-hybridized carbons (Fsp3) is 0.259. The third-order valence-corrected chi connectivity index (χ3v) is 5.62. The number of nitrogens with zero attached hydrogens (tertiary/aromatic N) is 3. The summed E-state index contributed by atoms with van der Waals surface area (Å²) in [6.45, 7) is 7.26. The molecule has 1 unspecified atom stereocenters. The number of benzene rings is 2. The summed E-state index contributed by atoms with van der Waals surface area (Å²) in [7, 11) is 1.91. The number of hydrogen-bond donors (Lipinski definition) is 3. The maximum atomic E-state index is 13.3. The van der Waals surface area contributed by atoms with Gasteiger partial charge in [0.2, 0.25) is 0 Å². The highest BCUT2D eigenvalue weighted by Gasteiger charge is 2.26.